The minimum absolute atomic E-state index is 0.179. The lowest BCUT2D eigenvalue weighted by Gasteiger charge is -2.18. The molecule has 116 valence electrons. The molecule has 0 aromatic carbocycles. The smallest absolute Gasteiger partial charge is 0.0897 e. The van der Waals surface area contributed by atoms with E-state index in [0.29, 0.717) is 38.6 Å². The van der Waals surface area contributed by atoms with Gasteiger partial charge in [-0.15, -0.1) is 0 Å². The van der Waals surface area contributed by atoms with Crippen LogP contribution in [0.2, 0.25) is 0 Å². The van der Waals surface area contributed by atoms with Gasteiger partial charge in [0.2, 0.25) is 0 Å². The van der Waals surface area contributed by atoms with Crippen molar-refractivity contribution in [1.29, 1.82) is 0 Å². The van der Waals surface area contributed by atoms with Gasteiger partial charge in [0.15, 0.2) is 0 Å². The summed E-state index contributed by atoms with van der Waals surface area (Å²) < 4.78 is 10.4. The van der Waals surface area contributed by atoms with E-state index in [1.165, 1.54) is 0 Å². The molecule has 0 amide bonds. The summed E-state index contributed by atoms with van der Waals surface area (Å²) in [6, 6.07) is 0. The highest BCUT2D eigenvalue weighted by Gasteiger charge is 2.10. The predicted molar refractivity (Wildman–Crippen MR) is 76.2 cm³/mol. The van der Waals surface area contributed by atoms with Crippen molar-refractivity contribution < 1.29 is 19.7 Å². The molecule has 0 fully saturated rings. The number of hydrogen-bond acceptors (Lipinski definition) is 5. The maximum atomic E-state index is 9.73. The van der Waals surface area contributed by atoms with Crippen LogP contribution in [0.3, 0.4) is 0 Å². The van der Waals surface area contributed by atoms with E-state index in [1.807, 2.05) is 6.92 Å². The van der Waals surface area contributed by atoms with Gasteiger partial charge < -0.3 is 25.0 Å². The zero-order chi connectivity index (χ0) is 14.7. The summed E-state index contributed by atoms with van der Waals surface area (Å²) >= 11 is 0. The fourth-order valence-corrected chi connectivity index (χ4v) is 1.88. The van der Waals surface area contributed by atoms with Crippen LogP contribution in [0.25, 0.3) is 0 Å². The molecule has 0 saturated heterocycles. The molecule has 0 aliphatic rings. The molecule has 0 saturated carbocycles. The maximum Gasteiger partial charge on any atom is 0.0897 e. The molecule has 0 aliphatic carbocycles. The third-order valence-corrected chi connectivity index (χ3v) is 2.77. The first-order chi connectivity index (χ1) is 8.95. The standard InChI is InChI=1S/C14H31NO4/c1-11(2)7-12(3)19-10-14(17)8-15-6-5-13(16)9-18-4/h11-17H,5-10H2,1-4H3. The third kappa shape index (κ3) is 12.6. The van der Waals surface area contributed by atoms with Crippen molar-refractivity contribution in [3.63, 3.8) is 0 Å². The number of ether oxygens (including phenoxy) is 2. The topological polar surface area (TPSA) is 71.0 Å². The van der Waals surface area contributed by atoms with Gasteiger partial charge in [-0.05, 0) is 32.2 Å². The summed E-state index contributed by atoms with van der Waals surface area (Å²) in [6.07, 6.45) is 0.846. The van der Waals surface area contributed by atoms with E-state index in [9.17, 15) is 10.2 Å². The van der Waals surface area contributed by atoms with Crippen molar-refractivity contribution >= 4 is 0 Å². The Morgan fingerprint density at radius 1 is 1.05 bits per heavy atom. The summed E-state index contributed by atoms with van der Waals surface area (Å²) in [4.78, 5) is 0. The number of hydrogen-bond donors (Lipinski definition) is 3. The van der Waals surface area contributed by atoms with Crippen molar-refractivity contribution in [3.05, 3.63) is 0 Å². The molecule has 0 aromatic heterocycles. The van der Waals surface area contributed by atoms with E-state index in [0.717, 1.165) is 6.42 Å². The lowest BCUT2D eigenvalue weighted by atomic mass is 10.1. The Balaban J connectivity index is 3.46. The van der Waals surface area contributed by atoms with Gasteiger partial charge in [0.1, 0.15) is 0 Å². The summed E-state index contributed by atoms with van der Waals surface area (Å²) in [6.45, 7) is 8.17. The van der Waals surface area contributed by atoms with Gasteiger partial charge >= 0.3 is 0 Å². The first-order valence-electron chi connectivity index (χ1n) is 7.13. The molecule has 19 heavy (non-hydrogen) atoms. The fourth-order valence-electron chi connectivity index (χ4n) is 1.88. The largest absolute Gasteiger partial charge is 0.391 e. The molecule has 0 aliphatic heterocycles. The van der Waals surface area contributed by atoms with Gasteiger partial charge in [-0.2, -0.15) is 0 Å². The SMILES string of the molecule is COCC(O)CCNCC(O)COC(C)CC(C)C. The zero-order valence-electron chi connectivity index (χ0n) is 12.8. The monoisotopic (exact) mass is 277 g/mol. The van der Waals surface area contributed by atoms with Gasteiger partial charge in [0, 0.05) is 13.7 Å². The summed E-state index contributed by atoms with van der Waals surface area (Å²) in [5.41, 5.74) is 0. The Bertz CT molecular complexity index is 202. The lowest BCUT2D eigenvalue weighted by Crippen LogP contribution is -2.33. The van der Waals surface area contributed by atoms with Crippen molar-refractivity contribution in [1.82, 2.24) is 5.32 Å². The minimum Gasteiger partial charge on any atom is -0.391 e. The average molecular weight is 277 g/mol. The van der Waals surface area contributed by atoms with E-state index >= 15 is 0 Å². The molecule has 0 radical (unpaired) electrons. The maximum absolute atomic E-state index is 9.73. The first-order valence-corrected chi connectivity index (χ1v) is 7.13. The van der Waals surface area contributed by atoms with Crippen LogP contribution in [0.15, 0.2) is 0 Å². The van der Waals surface area contributed by atoms with Crippen molar-refractivity contribution in [2.45, 2.75) is 51.9 Å². The van der Waals surface area contributed by atoms with Crippen LogP contribution in [0.4, 0.5) is 0 Å². The second-order valence-corrected chi connectivity index (χ2v) is 5.53. The van der Waals surface area contributed by atoms with Gasteiger partial charge in [-0.3, -0.25) is 0 Å². The van der Waals surface area contributed by atoms with E-state index < -0.39 is 12.2 Å². The highest BCUT2D eigenvalue weighted by Crippen LogP contribution is 2.07. The Morgan fingerprint density at radius 2 is 1.74 bits per heavy atom. The summed E-state index contributed by atoms with van der Waals surface area (Å²) in [5.74, 6) is 0.604. The molecule has 5 heteroatoms. The van der Waals surface area contributed by atoms with Crippen LogP contribution in [-0.2, 0) is 9.47 Å². The van der Waals surface area contributed by atoms with E-state index in [-0.39, 0.29) is 6.10 Å². The zero-order valence-corrected chi connectivity index (χ0v) is 12.8. The lowest BCUT2D eigenvalue weighted by molar-refractivity contribution is -0.00887. The molecule has 0 bridgehead atoms. The molecule has 5 nitrogen and oxygen atoms in total. The number of methoxy groups -OCH3 is 1. The molecule has 3 N–H and O–H groups in total. The summed E-state index contributed by atoms with van der Waals surface area (Å²) in [7, 11) is 1.57. The molecular weight excluding hydrogens is 246 g/mol. The Kier molecular flexibility index (Phi) is 11.5. The second-order valence-electron chi connectivity index (χ2n) is 5.53. The van der Waals surface area contributed by atoms with Crippen LogP contribution >= 0.6 is 0 Å². The summed E-state index contributed by atoms with van der Waals surface area (Å²) in [5, 5.41) is 22.2. The third-order valence-electron chi connectivity index (χ3n) is 2.77. The molecule has 0 rings (SSSR count). The number of rotatable bonds is 12. The Morgan fingerprint density at radius 3 is 2.32 bits per heavy atom. The quantitative estimate of drug-likeness (QED) is 0.460. The van der Waals surface area contributed by atoms with Gasteiger partial charge in [0.05, 0.1) is 31.5 Å². The number of aliphatic hydroxyl groups excluding tert-OH is 2. The fraction of sp³-hybridized carbons (Fsp3) is 1.00. The molecule has 3 unspecified atom stereocenters. The molecule has 0 aromatic rings. The van der Waals surface area contributed by atoms with Crippen molar-refractivity contribution in [2.75, 3.05) is 33.4 Å². The van der Waals surface area contributed by atoms with Gasteiger partial charge in [-0.1, -0.05) is 13.8 Å². The molecule has 0 spiro atoms. The van der Waals surface area contributed by atoms with Crippen LogP contribution in [0, 0.1) is 5.92 Å². The normalized spacial score (nSPS) is 16.6. The van der Waals surface area contributed by atoms with E-state index in [4.69, 9.17) is 9.47 Å². The van der Waals surface area contributed by atoms with Crippen LogP contribution in [0.5, 0.6) is 0 Å². The van der Waals surface area contributed by atoms with Crippen LogP contribution in [-0.4, -0.2) is 61.9 Å². The second kappa shape index (κ2) is 11.6. The van der Waals surface area contributed by atoms with Gasteiger partial charge in [-0.25, -0.2) is 0 Å². The predicted octanol–water partition coefficient (Wildman–Crippen LogP) is 0.786. The van der Waals surface area contributed by atoms with Gasteiger partial charge in [0.25, 0.3) is 0 Å². The van der Waals surface area contributed by atoms with E-state index in [1.54, 1.807) is 7.11 Å². The van der Waals surface area contributed by atoms with Crippen molar-refractivity contribution in [2.24, 2.45) is 5.92 Å². The highest BCUT2D eigenvalue weighted by atomic mass is 16.5. The Hall–Kier alpha value is -0.200. The van der Waals surface area contributed by atoms with Crippen molar-refractivity contribution in [3.8, 4) is 0 Å². The Labute approximate surface area is 117 Å². The average Bonchev–Trinajstić information content (AvgIpc) is 2.31. The highest BCUT2D eigenvalue weighted by molar-refractivity contribution is 4.63. The first kappa shape index (κ1) is 18.8. The molecular formula is C14H31NO4. The molecule has 0 heterocycles. The van der Waals surface area contributed by atoms with Crippen LogP contribution < -0.4 is 5.32 Å². The number of aliphatic hydroxyl groups is 2. The minimum atomic E-state index is -0.505. The van der Waals surface area contributed by atoms with Crippen LogP contribution in [0.1, 0.15) is 33.6 Å². The number of nitrogens with one attached hydrogen (secondary N) is 1. The molecule has 3 atom stereocenters. The van der Waals surface area contributed by atoms with E-state index in [2.05, 4.69) is 19.2 Å².